The second-order valence-corrected chi connectivity index (χ2v) is 18.4. The number of unbranched alkanes of at least 4 members (excludes halogenated alkanes) is 19. The molecule has 70 heavy (non-hydrogen) atoms. The van der Waals surface area contributed by atoms with E-state index in [0.717, 1.165) is 116 Å². The highest BCUT2D eigenvalue weighted by Crippen LogP contribution is 2.15. The van der Waals surface area contributed by atoms with Gasteiger partial charge < -0.3 is 14.2 Å². The lowest BCUT2D eigenvalue weighted by Gasteiger charge is -2.18. The van der Waals surface area contributed by atoms with E-state index in [4.69, 9.17) is 14.2 Å². The van der Waals surface area contributed by atoms with E-state index in [9.17, 15) is 14.4 Å². The van der Waals surface area contributed by atoms with Crippen LogP contribution in [-0.4, -0.2) is 37.2 Å². The molecule has 0 saturated heterocycles. The van der Waals surface area contributed by atoms with E-state index in [-0.39, 0.29) is 37.5 Å². The molecular formula is C64H104O6. The van der Waals surface area contributed by atoms with Gasteiger partial charge in [-0.2, -0.15) is 0 Å². The van der Waals surface area contributed by atoms with E-state index in [1.54, 1.807) is 0 Å². The molecule has 0 saturated carbocycles. The van der Waals surface area contributed by atoms with Crippen LogP contribution in [-0.2, 0) is 28.6 Å². The zero-order valence-electron chi connectivity index (χ0n) is 45.2. The summed E-state index contributed by atoms with van der Waals surface area (Å²) in [5.41, 5.74) is 0. The van der Waals surface area contributed by atoms with Crippen LogP contribution in [0.15, 0.2) is 122 Å². The molecule has 396 valence electrons. The van der Waals surface area contributed by atoms with E-state index in [1.807, 2.05) is 0 Å². The van der Waals surface area contributed by atoms with Gasteiger partial charge in [0.15, 0.2) is 6.10 Å². The number of allylic oxidation sites excluding steroid dienone is 20. The van der Waals surface area contributed by atoms with Crippen molar-refractivity contribution in [1.82, 2.24) is 0 Å². The van der Waals surface area contributed by atoms with E-state index < -0.39 is 6.10 Å². The first-order chi connectivity index (χ1) is 34.5. The molecule has 0 rings (SSSR count). The van der Waals surface area contributed by atoms with Gasteiger partial charge in [-0.1, -0.05) is 239 Å². The second-order valence-electron chi connectivity index (χ2n) is 18.4. The third-order valence-corrected chi connectivity index (χ3v) is 11.7. The number of esters is 3. The number of carbonyl (C=O) groups is 3. The summed E-state index contributed by atoms with van der Waals surface area (Å²) >= 11 is 0. The molecule has 0 aliphatic carbocycles. The maximum Gasteiger partial charge on any atom is 0.306 e. The van der Waals surface area contributed by atoms with Crippen LogP contribution in [0.2, 0.25) is 0 Å². The van der Waals surface area contributed by atoms with Crippen molar-refractivity contribution in [1.29, 1.82) is 0 Å². The molecule has 0 fully saturated rings. The first-order valence-corrected chi connectivity index (χ1v) is 28.5. The van der Waals surface area contributed by atoms with Crippen molar-refractivity contribution < 1.29 is 28.6 Å². The van der Waals surface area contributed by atoms with Gasteiger partial charge in [0.25, 0.3) is 0 Å². The van der Waals surface area contributed by atoms with Crippen LogP contribution >= 0.6 is 0 Å². The van der Waals surface area contributed by atoms with Gasteiger partial charge in [0, 0.05) is 19.3 Å². The molecule has 6 heteroatoms. The van der Waals surface area contributed by atoms with Crippen LogP contribution in [0.3, 0.4) is 0 Å². The third-order valence-electron chi connectivity index (χ3n) is 11.7. The number of ether oxygens (including phenoxy) is 3. The van der Waals surface area contributed by atoms with Gasteiger partial charge >= 0.3 is 17.9 Å². The van der Waals surface area contributed by atoms with Crippen LogP contribution < -0.4 is 0 Å². The van der Waals surface area contributed by atoms with Crippen LogP contribution in [0.1, 0.15) is 245 Å². The molecule has 0 aromatic heterocycles. The minimum Gasteiger partial charge on any atom is -0.462 e. The van der Waals surface area contributed by atoms with Gasteiger partial charge in [0.1, 0.15) is 13.2 Å². The molecule has 0 aliphatic heterocycles. The summed E-state index contributed by atoms with van der Waals surface area (Å²) in [5, 5.41) is 0. The molecule has 0 aliphatic rings. The standard InChI is InChI=1S/C64H104O6/c1-4-7-10-13-16-18-20-22-24-25-26-27-28-29-30-31-32-33-34-35-36-37-38-39-41-42-44-46-48-51-54-57-63(66)69-60-61(59-68-62(65)56-53-50-15-12-9-6-3)70-64(67)58-55-52-49-47-45-43-40-23-21-19-17-14-11-8-5-2/h7-8,10-11,16-19,22-24,26-27,29-30,32-33,40,45,47,61H,4-6,9,12-15,20-21,25,28,31,34-39,41-44,46,48-60H2,1-3H3/b10-7-,11-8-,18-16-,19-17-,24-22-,27-26-,30-29-,33-32-,40-23-,47-45-. The van der Waals surface area contributed by atoms with E-state index in [0.29, 0.717) is 19.3 Å². The monoisotopic (exact) mass is 969 g/mol. The molecule has 0 radical (unpaired) electrons. The maximum atomic E-state index is 12.7. The summed E-state index contributed by atoms with van der Waals surface area (Å²) < 4.78 is 16.7. The Morgan fingerprint density at radius 3 is 0.900 bits per heavy atom. The van der Waals surface area contributed by atoms with Crippen molar-refractivity contribution >= 4 is 17.9 Å². The smallest absolute Gasteiger partial charge is 0.306 e. The SMILES string of the molecule is CC/C=C\C/C=C\C/C=C\C/C=C\C/C=C\C/C=C\CCCCCCCCCCCCCCC(=O)OCC(COC(=O)CCCCCCCC)OC(=O)CCCC/C=C\C/C=C\C/C=C\C/C=C\CC. The van der Waals surface area contributed by atoms with Gasteiger partial charge in [0.05, 0.1) is 0 Å². The number of hydrogen-bond acceptors (Lipinski definition) is 6. The summed E-state index contributed by atoms with van der Waals surface area (Å²) in [4.78, 5) is 37.8. The van der Waals surface area contributed by atoms with Crippen LogP contribution in [0, 0.1) is 0 Å². The molecule has 0 spiro atoms. The van der Waals surface area contributed by atoms with Crippen molar-refractivity contribution in [2.45, 2.75) is 252 Å². The zero-order valence-corrected chi connectivity index (χ0v) is 45.2. The molecule has 0 heterocycles. The third kappa shape index (κ3) is 54.7. The first kappa shape index (κ1) is 65.8. The lowest BCUT2D eigenvalue weighted by atomic mass is 10.0. The summed E-state index contributed by atoms with van der Waals surface area (Å²) in [6.07, 6.45) is 79.5. The summed E-state index contributed by atoms with van der Waals surface area (Å²) in [6, 6.07) is 0. The Hall–Kier alpha value is -4.19. The molecule has 1 atom stereocenters. The molecule has 0 bridgehead atoms. The fourth-order valence-corrected chi connectivity index (χ4v) is 7.49. The van der Waals surface area contributed by atoms with Gasteiger partial charge in [-0.15, -0.1) is 0 Å². The first-order valence-electron chi connectivity index (χ1n) is 28.5. The van der Waals surface area contributed by atoms with E-state index in [1.165, 1.54) is 83.5 Å². The Bertz CT molecular complexity index is 1490. The average molecular weight is 970 g/mol. The van der Waals surface area contributed by atoms with Crippen molar-refractivity contribution in [2.75, 3.05) is 13.2 Å². The fourth-order valence-electron chi connectivity index (χ4n) is 7.49. The van der Waals surface area contributed by atoms with Crippen molar-refractivity contribution in [3.63, 3.8) is 0 Å². The summed E-state index contributed by atoms with van der Waals surface area (Å²) in [5.74, 6) is -0.954. The Balaban J connectivity index is 4.11. The molecule has 0 aromatic rings. The van der Waals surface area contributed by atoms with E-state index in [2.05, 4.69) is 142 Å². The number of carbonyl (C=O) groups excluding carboxylic acids is 3. The molecule has 1 unspecified atom stereocenters. The van der Waals surface area contributed by atoms with Gasteiger partial charge in [-0.05, 0) is 109 Å². The highest BCUT2D eigenvalue weighted by Gasteiger charge is 2.19. The lowest BCUT2D eigenvalue weighted by Crippen LogP contribution is -2.30. The number of hydrogen-bond donors (Lipinski definition) is 0. The minimum absolute atomic E-state index is 0.0965. The Morgan fingerprint density at radius 2 is 0.557 bits per heavy atom. The largest absolute Gasteiger partial charge is 0.462 e. The molecule has 6 nitrogen and oxygen atoms in total. The Morgan fingerprint density at radius 1 is 0.300 bits per heavy atom. The Kier molecular flexibility index (Phi) is 54.0. The lowest BCUT2D eigenvalue weighted by molar-refractivity contribution is -0.167. The van der Waals surface area contributed by atoms with Gasteiger partial charge in [-0.25, -0.2) is 0 Å². The van der Waals surface area contributed by atoms with Crippen molar-refractivity contribution in [2.24, 2.45) is 0 Å². The fraction of sp³-hybridized carbons (Fsp3) is 0.641. The predicted molar refractivity (Wildman–Crippen MR) is 302 cm³/mol. The van der Waals surface area contributed by atoms with Crippen molar-refractivity contribution in [3.8, 4) is 0 Å². The Labute approximate surface area is 431 Å². The maximum absolute atomic E-state index is 12.7. The van der Waals surface area contributed by atoms with Crippen LogP contribution in [0.4, 0.5) is 0 Å². The number of rotatable bonds is 50. The molecular weight excluding hydrogens is 865 g/mol. The predicted octanol–water partition coefficient (Wildman–Crippen LogP) is 19.3. The van der Waals surface area contributed by atoms with Gasteiger partial charge in [0.2, 0.25) is 0 Å². The molecule has 0 N–H and O–H groups in total. The van der Waals surface area contributed by atoms with Crippen molar-refractivity contribution in [3.05, 3.63) is 122 Å². The minimum atomic E-state index is -0.798. The average Bonchev–Trinajstić information content (AvgIpc) is 3.36. The second kappa shape index (κ2) is 57.4. The topological polar surface area (TPSA) is 78.9 Å². The normalized spacial score (nSPS) is 13.0. The summed E-state index contributed by atoms with van der Waals surface area (Å²) in [6.45, 7) is 6.30. The van der Waals surface area contributed by atoms with Crippen LogP contribution in [0.5, 0.6) is 0 Å². The summed E-state index contributed by atoms with van der Waals surface area (Å²) in [7, 11) is 0. The molecule has 0 amide bonds. The highest BCUT2D eigenvalue weighted by molar-refractivity contribution is 5.71. The quantitative estimate of drug-likeness (QED) is 0.0262. The zero-order chi connectivity index (χ0) is 50.7. The van der Waals surface area contributed by atoms with Gasteiger partial charge in [-0.3, -0.25) is 14.4 Å². The highest BCUT2D eigenvalue weighted by atomic mass is 16.6. The molecule has 0 aromatic carbocycles. The van der Waals surface area contributed by atoms with Crippen LogP contribution in [0.25, 0.3) is 0 Å². The van der Waals surface area contributed by atoms with E-state index >= 15 is 0 Å².